The number of nitrogens with two attached hydrogens (primary N) is 1. The SMILES string of the molecule is COc1cccc(OCC(=O)NC(C)(CN)CC(C)C)c1.Cl. The molecular weight excluding hydrogens is 304 g/mol. The molecule has 1 amide bonds. The Kier molecular flexibility index (Phi) is 8.90. The summed E-state index contributed by atoms with van der Waals surface area (Å²) < 4.78 is 10.6. The lowest BCUT2D eigenvalue weighted by atomic mass is 9.91. The van der Waals surface area contributed by atoms with Crippen LogP contribution in [0.25, 0.3) is 0 Å². The first-order valence-corrected chi connectivity index (χ1v) is 7.16. The molecule has 0 aliphatic carbocycles. The van der Waals surface area contributed by atoms with Gasteiger partial charge in [0.05, 0.1) is 7.11 Å². The third kappa shape index (κ3) is 7.00. The summed E-state index contributed by atoms with van der Waals surface area (Å²) in [5.41, 5.74) is 5.38. The van der Waals surface area contributed by atoms with Gasteiger partial charge in [-0.2, -0.15) is 0 Å². The van der Waals surface area contributed by atoms with Crippen molar-refractivity contribution in [2.45, 2.75) is 32.7 Å². The number of hydrogen-bond donors (Lipinski definition) is 2. The number of nitrogens with one attached hydrogen (secondary N) is 1. The van der Waals surface area contributed by atoms with E-state index in [1.165, 1.54) is 0 Å². The number of hydrogen-bond acceptors (Lipinski definition) is 4. The van der Waals surface area contributed by atoms with Crippen molar-refractivity contribution in [3.8, 4) is 11.5 Å². The number of methoxy groups -OCH3 is 1. The van der Waals surface area contributed by atoms with Crippen molar-refractivity contribution in [1.82, 2.24) is 5.32 Å². The van der Waals surface area contributed by atoms with E-state index in [-0.39, 0.29) is 24.9 Å². The maximum absolute atomic E-state index is 12.0. The molecule has 0 saturated carbocycles. The first kappa shape index (κ1) is 20.5. The zero-order valence-electron chi connectivity index (χ0n) is 13.7. The Labute approximate surface area is 139 Å². The maximum atomic E-state index is 12.0. The van der Waals surface area contributed by atoms with Crippen LogP contribution in [0.1, 0.15) is 27.2 Å². The molecule has 6 heteroatoms. The van der Waals surface area contributed by atoms with Gasteiger partial charge in [0, 0.05) is 18.2 Å². The Balaban J connectivity index is 0.00000441. The lowest BCUT2D eigenvalue weighted by Crippen LogP contribution is -2.53. The highest BCUT2D eigenvalue weighted by atomic mass is 35.5. The van der Waals surface area contributed by atoms with E-state index in [4.69, 9.17) is 15.2 Å². The van der Waals surface area contributed by atoms with E-state index < -0.39 is 5.54 Å². The highest BCUT2D eigenvalue weighted by Gasteiger charge is 2.25. The van der Waals surface area contributed by atoms with Crippen LogP contribution in [0.4, 0.5) is 0 Å². The molecule has 0 aliphatic heterocycles. The zero-order chi connectivity index (χ0) is 15.9. The highest BCUT2D eigenvalue weighted by molar-refractivity contribution is 5.85. The molecule has 5 nitrogen and oxygen atoms in total. The van der Waals surface area contributed by atoms with E-state index in [9.17, 15) is 4.79 Å². The fraction of sp³-hybridized carbons (Fsp3) is 0.562. The molecule has 0 heterocycles. The number of ether oxygens (including phenoxy) is 2. The van der Waals surface area contributed by atoms with Gasteiger partial charge in [0.25, 0.3) is 5.91 Å². The molecule has 0 saturated heterocycles. The second-order valence-electron chi connectivity index (χ2n) is 5.88. The third-order valence-electron chi connectivity index (χ3n) is 3.16. The number of rotatable bonds is 8. The maximum Gasteiger partial charge on any atom is 0.258 e. The fourth-order valence-corrected chi connectivity index (χ4v) is 2.30. The van der Waals surface area contributed by atoms with Gasteiger partial charge in [-0.05, 0) is 31.4 Å². The normalized spacial score (nSPS) is 13.0. The quantitative estimate of drug-likeness (QED) is 0.767. The number of carbonyl (C=O) groups is 1. The van der Waals surface area contributed by atoms with Crippen LogP contribution in [0, 0.1) is 5.92 Å². The number of halogens is 1. The van der Waals surface area contributed by atoms with Crippen LogP contribution >= 0.6 is 12.4 Å². The first-order chi connectivity index (χ1) is 9.88. The smallest absolute Gasteiger partial charge is 0.258 e. The zero-order valence-corrected chi connectivity index (χ0v) is 14.5. The molecule has 0 bridgehead atoms. The van der Waals surface area contributed by atoms with Crippen LogP contribution in [-0.4, -0.2) is 31.7 Å². The lowest BCUT2D eigenvalue weighted by Gasteiger charge is -2.31. The predicted molar refractivity (Wildman–Crippen MR) is 90.8 cm³/mol. The van der Waals surface area contributed by atoms with Crippen molar-refractivity contribution in [3.63, 3.8) is 0 Å². The molecule has 0 spiro atoms. The minimum absolute atomic E-state index is 0. The largest absolute Gasteiger partial charge is 0.497 e. The van der Waals surface area contributed by atoms with Gasteiger partial charge < -0.3 is 20.5 Å². The molecule has 1 atom stereocenters. The van der Waals surface area contributed by atoms with E-state index in [1.807, 2.05) is 19.1 Å². The van der Waals surface area contributed by atoms with Gasteiger partial charge in [-0.25, -0.2) is 0 Å². The van der Waals surface area contributed by atoms with Gasteiger partial charge in [0.1, 0.15) is 11.5 Å². The molecule has 0 aliphatic rings. The Hall–Kier alpha value is -1.46. The van der Waals surface area contributed by atoms with Crippen molar-refractivity contribution in [2.24, 2.45) is 11.7 Å². The summed E-state index contributed by atoms with van der Waals surface area (Å²) in [6.07, 6.45) is 0.828. The molecule has 1 aromatic rings. The average molecular weight is 331 g/mol. The minimum atomic E-state index is -0.400. The standard InChI is InChI=1S/C16H26N2O3.ClH/c1-12(2)9-16(3,11-17)18-15(19)10-21-14-7-5-6-13(8-14)20-4;/h5-8,12H,9-11,17H2,1-4H3,(H,18,19);1H. The van der Waals surface area contributed by atoms with Crippen LogP contribution in [-0.2, 0) is 4.79 Å². The van der Waals surface area contributed by atoms with Crippen LogP contribution in [0.3, 0.4) is 0 Å². The molecule has 1 rings (SSSR count). The van der Waals surface area contributed by atoms with Gasteiger partial charge in [0.15, 0.2) is 6.61 Å². The summed E-state index contributed by atoms with van der Waals surface area (Å²) in [5, 5.41) is 2.95. The van der Waals surface area contributed by atoms with Gasteiger partial charge in [-0.1, -0.05) is 19.9 Å². The Morgan fingerprint density at radius 3 is 2.55 bits per heavy atom. The van der Waals surface area contributed by atoms with Gasteiger partial charge in [0.2, 0.25) is 0 Å². The van der Waals surface area contributed by atoms with Crippen molar-refractivity contribution in [1.29, 1.82) is 0 Å². The lowest BCUT2D eigenvalue weighted by molar-refractivity contribution is -0.125. The summed E-state index contributed by atoms with van der Waals surface area (Å²) in [6.45, 7) is 6.52. The molecule has 3 N–H and O–H groups in total. The van der Waals surface area contributed by atoms with Crippen LogP contribution in [0.5, 0.6) is 11.5 Å². The molecule has 0 fully saturated rings. The molecule has 22 heavy (non-hydrogen) atoms. The fourth-order valence-electron chi connectivity index (χ4n) is 2.30. The molecule has 0 aromatic heterocycles. The number of benzene rings is 1. The van der Waals surface area contributed by atoms with Crippen molar-refractivity contribution in [3.05, 3.63) is 24.3 Å². The summed E-state index contributed by atoms with van der Waals surface area (Å²) in [6, 6.07) is 7.16. The molecule has 1 unspecified atom stereocenters. The van der Waals surface area contributed by atoms with Gasteiger partial charge in [-0.3, -0.25) is 4.79 Å². The average Bonchev–Trinajstić information content (AvgIpc) is 2.44. The molecule has 126 valence electrons. The van der Waals surface area contributed by atoms with Crippen LogP contribution in [0.15, 0.2) is 24.3 Å². The summed E-state index contributed by atoms with van der Waals surface area (Å²) >= 11 is 0. The first-order valence-electron chi connectivity index (χ1n) is 7.16. The topological polar surface area (TPSA) is 73.6 Å². The summed E-state index contributed by atoms with van der Waals surface area (Å²) in [5.74, 6) is 1.58. The second kappa shape index (κ2) is 9.54. The van der Waals surface area contributed by atoms with Crippen LogP contribution in [0.2, 0.25) is 0 Å². The number of carbonyl (C=O) groups excluding carboxylic acids is 1. The van der Waals surface area contributed by atoms with E-state index in [0.29, 0.717) is 24.0 Å². The second-order valence-corrected chi connectivity index (χ2v) is 5.88. The Morgan fingerprint density at radius 1 is 1.36 bits per heavy atom. The molecule has 1 aromatic carbocycles. The predicted octanol–water partition coefficient (Wildman–Crippen LogP) is 2.38. The molecular formula is C16H27ClN2O3. The van der Waals surface area contributed by atoms with E-state index in [0.717, 1.165) is 6.42 Å². The van der Waals surface area contributed by atoms with E-state index in [1.54, 1.807) is 19.2 Å². The van der Waals surface area contributed by atoms with Gasteiger partial charge in [-0.15, -0.1) is 12.4 Å². The van der Waals surface area contributed by atoms with Crippen molar-refractivity contribution in [2.75, 3.05) is 20.3 Å². The Morgan fingerprint density at radius 2 is 2.00 bits per heavy atom. The molecule has 0 radical (unpaired) electrons. The van der Waals surface area contributed by atoms with Crippen molar-refractivity contribution < 1.29 is 14.3 Å². The van der Waals surface area contributed by atoms with Crippen molar-refractivity contribution >= 4 is 18.3 Å². The highest BCUT2D eigenvalue weighted by Crippen LogP contribution is 2.19. The summed E-state index contributed by atoms with van der Waals surface area (Å²) in [7, 11) is 1.59. The van der Waals surface area contributed by atoms with E-state index in [2.05, 4.69) is 19.2 Å². The minimum Gasteiger partial charge on any atom is -0.497 e. The monoisotopic (exact) mass is 330 g/mol. The third-order valence-corrected chi connectivity index (χ3v) is 3.16. The van der Waals surface area contributed by atoms with E-state index >= 15 is 0 Å². The summed E-state index contributed by atoms with van der Waals surface area (Å²) in [4.78, 5) is 12.0. The Bertz CT molecular complexity index is 468. The van der Waals surface area contributed by atoms with Gasteiger partial charge >= 0.3 is 0 Å². The van der Waals surface area contributed by atoms with Crippen LogP contribution < -0.4 is 20.5 Å². The number of amides is 1.